The zero-order chi connectivity index (χ0) is 46.7. The number of nitrogens with zero attached hydrogens (tertiary/aromatic N) is 2. The second-order valence-corrected chi connectivity index (χ2v) is 13.7. The van der Waals surface area contributed by atoms with E-state index < -0.39 is 23.9 Å². The summed E-state index contributed by atoms with van der Waals surface area (Å²) in [6.07, 6.45) is 1.69. The fraction of sp³-hybridized carbons (Fsp3) is 0.417. The number of esters is 4. The molecule has 0 heterocycles. The number of nitrogen functional groups attached to an aromatic ring is 2. The van der Waals surface area contributed by atoms with E-state index in [0.717, 1.165) is 18.4 Å². The van der Waals surface area contributed by atoms with Crippen LogP contribution in [0.2, 0.25) is 0 Å². The molecule has 0 aliphatic rings. The summed E-state index contributed by atoms with van der Waals surface area (Å²) in [4.78, 5) is 52.5. The van der Waals surface area contributed by atoms with E-state index in [9.17, 15) is 19.2 Å². The maximum atomic E-state index is 12.4. The molecule has 0 spiro atoms. The van der Waals surface area contributed by atoms with E-state index in [0.29, 0.717) is 59.0 Å². The van der Waals surface area contributed by atoms with E-state index in [2.05, 4.69) is 6.92 Å². The van der Waals surface area contributed by atoms with Crippen LogP contribution >= 0.6 is 0 Å². The predicted molar refractivity (Wildman–Crippen MR) is 246 cm³/mol. The summed E-state index contributed by atoms with van der Waals surface area (Å²) in [5.74, 6) is 0.273. The number of benzene rings is 4. The van der Waals surface area contributed by atoms with Gasteiger partial charge in [-0.3, -0.25) is 19.2 Å². The van der Waals surface area contributed by atoms with Crippen molar-refractivity contribution < 1.29 is 57.1 Å². The number of hydrogen-bond acceptors (Lipinski definition) is 16. The fourth-order valence-electron chi connectivity index (χ4n) is 6.06. The molecule has 0 fully saturated rings. The monoisotopic (exact) mass is 888 g/mol. The molecule has 4 aromatic rings. The van der Waals surface area contributed by atoms with E-state index in [1.54, 1.807) is 69.0 Å². The highest BCUT2D eigenvalue weighted by atomic mass is 16.6. The SMILES string of the molecule is CCOC(=O)CN(CC(=O)OCC)c1ccccc1OCCOc1ccc(CC)cc1N(CC(=O)OCC)CC(=O)OCC.CCc1ccc(OCCOc2ccccc2N)c(N)c1. The van der Waals surface area contributed by atoms with Crippen molar-refractivity contribution in [3.8, 4) is 23.0 Å². The van der Waals surface area contributed by atoms with Gasteiger partial charge in [-0.1, -0.05) is 50.2 Å². The number of para-hydroxylation sites is 4. The van der Waals surface area contributed by atoms with E-state index in [1.165, 1.54) is 10.5 Å². The van der Waals surface area contributed by atoms with Crippen molar-refractivity contribution >= 4 is 46.6 Å². The summed E-state index contributed by atoms with van der Waals surface area (Å²) in [7, 11) is 0. The zero-order valence-corrected chi connectivity index (χ0v) is 37.9. The normalized spacial score (nSPS) is 10.3. The van der Waals surface area contributed by atoms with Gasteiger partial charge < -0.3 is 59.2 Å². The second kappa shape index (κ2) is 28.7. The smallest absolute Gasteiger partial charge is 0.325 e. The summed E-state index contributed by atoms with van der Waals surface area (Å²) >= 11 is 0. The van der Waals surface area contributed by atoms with E-state index in [4.69, 9.17) is 49.4 Å². The lowest BCUT2D eigenvalue weighted by atomic mass is 10.1. The first-order valence-electron chi connectivity index (χ1n) is 21.5. The standard InChI is InChI=1S/C32H44N2O10.C16H20N2O2/c1-6-24-15-16-28(26(19-24)34(22-31(37)41-9-4)23-32(38)42-10-5)44-18-17-43-27-14-12-11-13-25(27)33(20-29(35)39-7-2)21-30(36)40-8-3;1-2-12-7-8-16(14(18)11-12)20-10-9-19-15-6-4-3-5-13(15)17/h11-16,19H,6-10,17-18,20-23H2,1-5H3;3-8,11H,2,9-10,17-18H2,1H3. The van der Waals surface area contributed by atoms with Crippen LogP contribution in [-0.4, -0.2) is 103 Å². The minimum atomic E-state index is -0.492. The van der Waals surface area contributed by atoms with Crippen LogP contribution in [0, 0.1) is 0 Å². The average molecular weight is 889 g/mol. The van der Waals surface area contributed by atoms with Crippen LogP contribution in [0.1, 0.15) is 52.7 Å². The maximum absolute atomic E-state index is 12.4. The topological polar surface area (TPSA) is 201 Å². The van der Waals surface area contributed by atoms with Crippen LogP contribution in [0.25, 0.3) is 0 Å². The van der Waals surface area contributed by atoms with Crippen molar-refractivity contribution in [2.75, 3.05) is 100 Å². The van der Waals surface area contributed by atoms with Gasteiger partial charge in [-0.15, -0.1) is 0 Å². The van der Waals surface area contributed by atoms with E-state index in [-0.39, 0.29) is 65.8 Å². The lowest BCUT2D eigenvalue weighted by Crippen LogP contribution is -2.36. The molecule has 0 aromatic heterocycles. The lowest BCUT2D eigenvalue weighted by Gasteiger charge is -2.26. The zero-order valence-electron chi connectivity index (χ0n) is 37.9. The molecule has 0 unspecified atom stereocenters. The van der Waals surface area contributed by atoms with Gasteiger partial charge in [0.1, 0.15) is 75.6 Å². The Balaban J connectivity index is 0.000000450. The third-order valence-electron chi connectivity index (χ3n) is 9.08. The molecule has 0 bridgehead atoms. The number of hydrogen-bond donors (Lipinski definition) is 2. The number of anilines is 4. The first kappa shape index (κ1) is 51.5. The molecule has 0 atom stereocenters. The second-order valence-electron chi connectivity index (χ2n) is 13.7. The number of aryl methyl sites for hydroxylation is 2. The number of carbonyl (C=O) groups excluding carboxylic acids is 4. The molecule has 64 heavy (non-hydrogen) atoms. The fourth-order valence-corrected chi connectivity index (χ4v) is 6.06. The van der Waals surface area contributed by atoms with Gasteiger partial charge >= 0.3 is 23.9 Å². The Hall–Kier alpha value is -6.84. The molecule has 0 aliphatic heterocycles. The van der Waals surface area contributed by atoms with Crippen LogP contribution in [0.15, 0.2) is 84.9 Å². The molecule has 16 heteroatoms. The van der Waals surface area contributed by atoms with Crippen molar-refractivity contribution in [1.29, 1.82) is 0 Å². The molecule has 0 amide bonds. The molecule has 0 saturated carbocycles. The average Bonchev–Trinajstić information content (AvgIpc) is 3.28. The van der Waals surface area contributed by atoms with Gasteiger partial charge in [0.15, 0.2) is 0 Å². The lowest BCUT2D eigenvalue weighted by molar-refractivity contribution is -0.144. The molecule has 4 aromatic carbocycles. The van der Waals surface area contributed by atoms with Crippen LogP contribution in [0.5, 0.6) is 23.0 Å². The highest BCUT2D eigenvalue weighted by molar-refractivity contribution is 5.84. The van der Waals surface area contributed by atoms with Crippen LogP contribution in [-0.2, 0) is 51.0 Å². The minimum absolute atomic E-state index is 0.106. The summed E-state index contributed by atoms with van der Waals surface area (Å²) in [5, 5.41) is 0. The van der Waals surface area contributed by atoms with Gasteiger partial charge in [0.2, 0.25) is 0 Å². The molecule has 16 nitrogen and oxygen atoms in total. The van der Waals surface area contributed by atoms with Crippen molar-refractivity contribution in [3.05, 3.63) is 96.1 Å². The highest BCUT2D eigenvalue weighted by Crippen LogP contribution is 2.32. The summed E-state index contributed by atoms with van der Waals surface area (Å²) < 4.78 is 43.7. The Labute approximate surface area is 376 Å². The Morgan fingerprint density at radius 3 is 1.22 bits per heavy atom. The van der Waals surface area contributed by atoms with Crippen LogP contribution in [0.3, 0.4) is 0 Å². The number of carbonyl (C=O) groups is 4. The number of rotatable bonds is 26. The van der Waals surface area contributed by atoms with Gasteiger partial charge in [0.25, 0.3) is 0 Å². The van der Waals surface area contributed by atoms with Gasteiger partial charge in [-0.25, -0.2) is 0 Å². The van der Waals surface area contributed by atoms with Gasteiger partial charge in [-0.2, -0.15) is 0 Å². The Bertz CT molecular complexity index is 2020. The number of ether oxygens (including phenoxy) is 8. The molecule has 0 radical (unpaired) electrons. The number of nitrogens with two attached hydrogens (primary N) is 2. The summed E-state index contributed by atoms with van der Waals surface area (Å²) in [5.41, 5.74) is 16.2. The maximum Gasteiger partial charge on any atom is 0.325 e. The summed E-state index contributed by atoms with van der Waals surface area (Å²) in [6.45, 7) is 12.1. The first-order valence-corrected chi connectivity index (χ1v) is 21.5. The molecule has 4 rings (SSSR count). The van der Waals surface area contributed by atoms with Gasteiger partial charge in [0, 0.05) is 0 Å². The van der Waals surface area contributed by atoms with Crippen molar-refractivity contribution in [2.45, 2.75) is 54.4 Å². The molecule has 4 N–H and O–H groups in total. The molecule has 0 saturated heterocycles. The van der Waals surface area contributed by atoms with Gasteiger partial charge in [0.05, 0.1) is 49.2 Å². The molecule has 0 aliphatic carbocycles. The largest absolute Gasteiger partial charge is 0.488 e. The van der Waals surface area contributed by atoms with E-state index >= 15 is 0 Å². The third-order valence-corrected chi connectivity index (χ3v) is 9.08. The quantitative estimate of drug-likeness (QED) is 0.0302. The molecular formula is C48H64N4O12. The predicted octanol–water partition coefficient (Wildman–Crippen LogP) is 6.44. The summed E-state index contributed by atoms with van der Waals surface area (Å²) in [6, 6.07) is 25.8. The van der Waals surface area contributed by atoms with E-state index in [1.807, 2.05) is 55.5 Å². The Morgan fingerprint density at radius 1 is 0.422 bits per heavy atom. The minimum Gasteiger partial charge on any atom is -0.488 e. The first-order chi connectivity index (χ1) is 31.0. The Morgan fingerprint density at radius 2 is 0.781 bits per heavy atom. The molecule has 348 valence electrons. The highest BCUT2D eigenvalue weighted by Gasteiger charge is 2.22. The Kier molecular flexibility index (Phi) is 23.1. The van der Waals surface area contributed by atoms with Crippen molar-refractivity contribution in [2.24, 2.45) is 0 Å². The van der Waals surface area contributed by atoms with Crippen LogP contribution < -0.4 is 40.2 Å². The van der Waals surface area contributed by atoms with Crippen molar-refractivity contribution in [1.82, 2.24) is 0 Å². The van der Waals surface area contributed by atoms with Crippen LogP contribution in [0.4, 0.5) is 22.7 Å². The van der Waals surface area contributed by atoms with Gasteiger partial charge in [-0.05, 0) is 100 Å². The van der Waals surface area contributed by atoms with Crippen molar-refractivity contribution in [3.63, 3.8) is 0 Å². The molecular weight excluding hydrogens is 825 g/mol. The third kappa shape index (κ3) is 17.9.